The van der Waals surface area contributed by atoms with Gasteiger partial charge in [-0.1, -0.05) is 0 Å². The number of carboxylic acid groups (broad SMARTS) is 2. The van der Waals surface area contributed by atoms with Crippen molar-refractivity contribution in [2.24, 2.45) is 11.5 Å². The van der Waals surface area contributed by atoms with Gasteiger partial charge in [0.15, 0.2) is 0 Å². The van der Waals surface area contributed by atoms with E-state index in [4.69, 9.17) is 11.5 Å². The average molecular weight is 882 g/mol. The zero-order valence-electron chi connectivity index (χ0n) is 32.6. The lowest BCUT2D eigenvalue weighted by Crippen LogP contribution is -2.66. The van der Waals surface area contributed by atoms with Crippen LogP contribution >= 0.6 is 12.6 Å². The molecule has 2 heterocycles. The van der Waals surface area contributed by atoms with Crippen molar-refractivity contribution in [2.45, 2.75) is 81.8 Å². The first kappa shape index (κ1) is 50.2. The molecule has 0 saturated carbocycles. The number of carboxylic acids is 2. The van der Waals surface area contributed by atoms with E-state index in [1.165, 1.54) is 25.0 Å². The third-order valence-electron chi connectivity index (χ3n) is 8.30. The quantitative estimate of drug-likeness (QED) is 0.0412. The fraction of sp³-hybridized carbons (Fsp3) is 0.485. The number of hydrogen-bond donors (Lipinski definition) is 14. The molecule has 2 rings (SSSR count). The first-order valence-electron chi connectivity index (χ1n) is 17.9. The van der Waals surface area contributed by atoms with E-state index in [0.717, 1.165) is 13.8 Å². The van der Waals surface area contributed by atoms with Crippen LogP contribution in [0.2, 0.25) is 0 Å². The topological polar surface area (TPSA) is 433 Å². The van der Waals surface area contributed by atoms with Gasteiger partial charge in [0.05, 0.1) is 32.1 Å². The van der Waals surface area contributed by atoms with Crippen molar-refractivity contribution in [3.63, 3.8) is 0 Å². The van der Waals surface area contributed by atoms with E-state index >= 15 is 0 Å². The summed E-state index contributed by atoms with van der Waals surface area (Å²) in [5.41, 5.74) is 11.7. The zero-order valence-corrected chi connectivity index (χ0v) is 33.5. The number of aliphatic hydroxyl groups excluding tert-OH is 1. The van der Waals surface area contributed by atoms with Gasteiger partial charge in [-0.3, -0.25) is 57.6 Å². The summed E-state index contributed by atoms with van der Waals surface area (Å²) >= 11 is 4.00. The Hall–Kier alpha value is -6.94. The number of primary amides is 1. The fourth-order valence-corrected chi connectivity index (χ4v) is 5.72. The molecule has 27 nitrogen and oxygen atoms in total. The number of aliphatic hydroxyl groups is 1. The molecule has 28 heteroatoms. The van der Waals surface area contributed by atoms with Gasteiger partial charge in [0, 0.05) is 62.8 Å². The first-order chi connectivity index (χ1) is 28.7. The van der Waals surface area contributed by atoms with E-state index in [1.54, 1.807) is 0 Å². The number of nitrogens with one attached hydrogen (secondary N) is 8. The molecule has 2 aromatic rings. The molecule has 0 bridgehead atoms. The number of carbonyl (C=O) groups excluding carboxylic acids is 9. The third kappa shape index (κ3) is 16.0. The number of imidazole rings is 2. The van der Waals surface area contributed by atoms with Crippen molar-refractivity contribution in [3.8, 4) is 0 Å². The second-order valence-electron chi connectivity index (χ2n) is 13.1. The molecular formula is C33H47N13O14S. The van der Waals surface area contributed by atoms with Crippen molar-refractivity contribution >= 4 is 77.7 Å². The van der Waals surface area contributed by atoms with Crippen LogP contribution in [0.15, 0.2) is 25.0 Å². The van der Waals surface area contributed by atoms with Crippen LogP contribution in [-0.2, 0) is 65.6 Å². The highest BCUT2D eigenvalue weighted by Crippen LogP contribution is 2.14. The van der Waals surface area contributed by atoms with Gasteiger partial charge in [-0.2, -0.15) is 12.6 Å². The summed E-state index contributed by atoms with van der Waals surface area (Å²) in [6.07, 6.45) is 1.94. The number of amides is 9. The molecule has 9 amide bonds. The Bertz CT molecular complexity index is 1810. The van der Waals surface area contributed by atoms with Gasteiger partial charge < -0.3 is 68.7 Å². The van der Waals surface area contributed by atoms with Crippen molar-refractivity contribution < 1.29 is 68.1 Å². The summed E-state index contributed by atoms with van der Waals surface area (Å²) in [5.74, 6) is -15.0. The Morgan fingerprint density at radius 3 is 1.36 bits per heavy atom. The van der Waals surface area contributed by atoms with Crippen LogP contribution < -0.4 is 43.4 Å². The van der Waals surface area contributed by atoms with Crippen molar-refractivity contribution in [1.29, 1.82) is 0 Å². The predicted molar refractivity (Wildman–Crippen MR) is 207 cm³/mol. The van der Waals surface area contributed by atoms with Gasteiger partial charge in [0.25, 0.3) is 11.8 Å². The van der Waals surface area contributed by atoms with Crippen LogP contribution in [-0.4, -0.2) is 166 Å². The molecule has 334 valence electrons. The summed E-state index contributed by atoms with van der Waals surface area (Å²) in [4.78, 5) is 156. The smallest absolute Gasteiger partial charge is 0.305 e. The number of hydrogen-bond acceptors (Lipinski definition) is 16. The van der Waals surface area contributed by atoms with E-state index in [2.05, 4.69) is 64.5 Å². The number of aromatic amines is 2. The summed E-state index contributed by atoms with van der Waals surface area (Å²) < 4.78 is 0. The lowest BCUT2D eigenvalue weighted by Gasteiger charge is -2.35. The van der Waals surface area contributed by atoms with Crippen molar-refractivity contribution in [1.82, 2.24) is 56.7 Å². The monoisotopic (exact) mass is 881 g/mol. The van der Waals surface area contributed by atoms with E-state index < -0.39 is 139 Å². The molecule has 7 atom stereocenters. The Morgan fingerprint density at radius 2 is 1.05 bits per heavy atom. The maximum Gasteiger partial charge on any atom is 0.305 e. The second-order valence-corrected chi connectivity index (χ2v) is 13.4. The summed E-state index contributed by atoms with van der Waals surface area (Å²) in [7, 11) is 0. The van der Waals surface area contributed by atoms with Gasteiger partial charge in [-0.05, 0) is 0 Å². The van der Waals surface area contributed by atoms with Crippen LogP contribution in [0.4, 0.5) is 0 Å². The summed E-state index contributed by atoms with van der Waals surface area (Å²) in [5, 5.41) is 42.1. The highest BCUT2D eigenvalue weighted by Gasteiger charge is 2.44. The largest absolute Gasteiger partial charge is 0.481 e. The van der Waals surface area contributed by atoms with Gasteiger partial charge in [-0.15, -0.1) is 0 Å². The standard InChI is InChI=1S/C33H47N13O14S/c1-14(48)40-18(3-16-8-36-12-38-16)28(55)42-20(5-25(50)51)32(59)46(24(7-34)31(58)45-23(11-61)30(57)44-22(10-47)27(35)54)33(60)21(6-26(52)53)43-29(56)19(41-15(2)49)4-17-9-37-13-39-17/h8-9,12-13,18-24,47,61H,3-7,10-11,34H2,1-2H3,(H2,35,54)(H,36,38)(H,37,39)(H,40,48)(H,41,49)(H,42,55)(H,43,56)(H,44,57)(H,45,58)(H,50,51)(H,52,53)/t18-,19-,20-,21-,22-,23-,24-/m0/s1. The highest BCUT2D eigenvalue weighted by molar-refractivity contribution is 7.80. The fourth-order valence-electron chi connectivity index (χ4n) is 5.46. The summed E-state index contributed by atoms with van der Waals surface area (Å²) in [6, 6.07) is -13.2. The number of rotatable bonds is 25. The zero-order chi connectivity index (χ0) is 46.0. The molecule has 0 fully saturated rings. The molecule has 2 aromatic heterocycles. The lowest BCUT2D eigenvalue weighted by molar-refractivity contribution is -0.158. The third-order valence-corrected chi connectivity index (χ3v) is 8.67. The summed E-state index contributed by atoms with van der Waals surface area (Å²) in [6.45, 7) is 0.112. The molecule has 0 aliphatic carbocycles. The molecular weight excluding hydrogens is 835 g/mol. The van der Waals surface area contributed by atoms with Crippen LogP contribution in [0.5, 0.6) is 0 Å². The van der Waals surface area contributed by atoms with Crippen molar-refractivity contribution in [2.75, 3.05) is 18.9 Å². The minimum Gasteiger partial charge on any atom is -0.481 e. The van der Waals surface area contributed by atoms with Crippen LogP contribution in [0, 0.1) is 0 Å². The maximum atomic E-state index is 14.5. The number of imide groups is 1. The van der Waals surface area contributed by atoms with Crippen LogP contribution in [0.1, 0.15) is 38.1 Å². The highest BCUT2D eigenvalue weighted by atomic mass is 32.1. The van der Waals surface area contributed by atoms with Crippen LogP contribution in [0.25, 0.3) is 0 Å². The predicted octanol–water partition coefficient (Wildman–Crippen LogP) is -7.09. The van der Waals surface area contributed by atoms with Crippen LogP contribution in [0.3, 0.4) is 0 Å². The second kappa shape index (κ2) is 24.2. The number of aliphatic carboxylic acids is 2. The van der Waals surface area contributed by atoms with Gasteiger partial charge in [0.1, 0.15) is 42.3 Å². The van der Waals surface area contributed by atoms with E-state index in [9.17, 15) is 68.1 Å². The number of nitrogens with zero attached hydrogens (tertiary/aromatic N) is 3. The normalized spacial score (nSPS) is 14.2. The Morgan fingerprint density at radius 1 is 0.656 bits per heavy atom. The minimum atomic E-state index is -2.28. The molecule has 0 saturated heterocycles. The number of carbonyl (C=O) groups is 11. The molecule has 0 aliphatic rings. The van der Waals surface area contributed by atoms with Gasteiger partial charge in [-0.25, -0.2) is 9.97 Å². The SMILES string of the molecule is CC(=O)N[C@@H](Cc1cnc[nH]1)C(=O)N[C@@H](CC(=O)O)C(=O)N(C(=O)[C@H](CC(=O)O)NC(=O)[C@H](Cc1cnc[nH]1)NC(C)=O)[C@@H](CN)C(=O)N[C@@H](CS)C(=O)N[C@@H](CO)C(N)=O. The average Bonchev–Trinajstić information content (AvgIpc) is 3.90. The molecule has 61 heavy (non-hydrogen) atoms. The Kier molecular flexibility index (Phi) is 19.9. The van der Waals surface area contributed by atoms with E-state index in [0.29, 0.717) is 11.4 Å². The molecule has 15 N–H and O–H groups in total. The lowest BCUT2D eigenvalue weighted by atomic mass is 10.0. The molecule has 0 radical (unpaired) electrons. The van der Waals surface area contributed by atoms with Gasteiger partial charge in [0.2, 0.25) is 41.4 Å². The molecule has 0 aliphatic heterocycles. The van der Waals surface area contributed by atoms with E-state index in [-0.39, 0.29) is 17.7 Å². The number of thiol groups is 1. The maximum absolute atomic E-state index is 14.5. The number of nitrogens with two attached hydrogens (primary N) is 2. The first-order valence-corrected chi connectivity index (χ1v) is 18.6. The minimum absolute atomic E-state index is 0.00483. The number of H-pyrrole nitrogens is 2. The van der Waals surface area contributed by atoms with Crippen molar-refractivity contribution in [3.05, 3.63) is 36.4 Å². The van der Waals surface area contributed by atoms with E-state index in [1.807, 2.05) is 0 Å². The Labute approximate surface area is 350 Å². The van der Waals surface area contributed by atoms with Gasteiger partial charge >= 0.3 is 11.9 Å². The molecule has 0 unspecified atom stereocenters. The number of aromatic nitrogens is 4. The molecule has 0 aromatic carbocycles. The molecule has 0 spiro atoms. The Balaban J connectivity index is 2.72.